The standard InChI is InChI=1S/C20H23N5O/c1-14-20(15(2)23-22-14)18-5-3-11-24(18)19(26)13-16-6-8-17(9-7-16)25-12-4-10-21-25/h4,6-10,12,18H,3,5,11,13H2,1-2H3,(H,22,23). The average Bonchev–Trinajstić information content (AvgIpc) is 3.37. The average molecular weight is 349 g/mol. The molecule has 6 nitrogen and oxygen atoms in total. The SMILES string of the molecule is Cc1n[nH]c(C)c1C1CCCN1C(=O)Cc1ccc(-n2cccn2)cc1. The summed E-state index contributed by atoms with van der Waals surface area (Å²) < 4.78 is 1.81. The maximum atomic E-state index is 12.9. The predicted molar refractivity (Wildman–Crippen MR) is 99.0 cm³/mol. The lowest BCUT2D eigenvalue weighted by atomic mass is 10.0. The summed E-state index contributed by atoms with van der Waals surface area (Å²) in [5, 5.41) is 11.6. The van der Waals surface area contributed by atoms with Gasteiger partial charge in [0, 0.05) is 30.2 Å². The van der Waals surface area contributed by atoms with Crippen molar-refractivity contribution in [2.75, 3.05) is 6.54 Å². The Hall–Kier alpha value is -2.89. The van der Waals surface area contributed by atoms with Crippen LogP contribution in [0.2, 0.25) is 0 Å². The Morgan fingerprint density at radius 1 is 1.27 bits per heavy atom. The first-order valence-corrected chi connectivity index (χ1v) is 9.03. The molecule has 3 heterocycles. The van der Waals surface area contributed by atoms with E-state index in [1.54, 1.807) is 6.20 Å². The largest absolute Gasteiger partial charge is 0.335 e. The summed E-state index contributed by atoms with van der Waals surface area (Å²) in [6, 6.07) is 10.1. The van der Waals surface area contributed by atoms with E-state index in [4.69, 9.17) is 0 Å². The third-order valence-electron chi connectivity index (χ3n) is 5.15. The van der Waals surface area contributed by atoms with Gasteiger partial charge in [-0.15, -0.1) is 0 Å². The molecule has 1 atom stereocenters. The zero-order valence-electron chi connectivity index (χ0n) is 15.1. The van der Waals surface area contributed by atoms with Crippen molar-refractivity contribution in [2.45, 2.75) is 39.2 Å². The lowest BCUT2D eigenvalue weighted by molar-refractivity contribution is -0.131. The fraction of sp³-hybridized carbons (Fsp3) is 0.350. The molecule has 1 N–H and O–H groups in total. The maximum Gasteiger partial charge on any atom is 0.227 e. The molecule has 6 heteroatoms. The number of hydrogen-bond acceptors (Lipinski definition) is 3. The van der Waals surface area contributed by atoms with Crippen molar-refractivity contribution in [3.8, 4) is 5.69 Å². The zero-order valence-corrected chi connectivity index (χ0v) is 15.1. The van der Waals surface area contributed by atoms with Crippen LogP contribution >= 0.6 is 0 Å². The number of carbonyl (C=O) groups excluding carboxylic acids is 1. The molecule has 1 unspecified atom stereocenters. The summed E-state index contributed by atoms with van der Waals surface area (Å²) >= 11 is 0. The Bertz CT molecular complexity index is 875. The Morgan fingerprint density at radius 2 is 2.08 bits per heavy atom. The molecule has 0 radical (unpaired) electrons. The summed E-state index contributed by atoms with van der Waals surface area (Å²) in [7, 11) is 0. The van der Waals surface area contributed by atoms with Crippen LogP contribution in [0.4, 0.5) is 0 Å². The number of benzene rings is 1. The summed E-state index contributed by atoms with van der Waals surface area (Å²) in [6.07, 6.45) is 6.13. The highest BCUT2D eigenvalue weighted by Gasteiger charge is 2.32. The molecule has 2 aromatic heterocycles. The van der Waals surface area contributed by atoms with E-state index in [9.17, 15) is 4.79 Å². The Kier molecular flexibility index (Phi) is 4.32. The van der Waals surface area contributed by atoms with Crippen LogP contribution in [0, 0.1) is 13.8 Å². The first-order chi connectivity index (χ1) is 12.6. The Morgan fingerprint density at radius 3 is 2.73 bits per heavy atom. The molecule has 3 aromatic rings. The van der Waals surface area contributed by atoms with Gasteiger partial charge in [0.05, 0.1) is 23.8 Å². The Labute approximate surface area is 152 Å². The number of aromatic nitrogens is 4. The number of nitrogens with one attached hydrogen (secondary N) is 1. The van der Waals surface area contributed by atoms with Gasteiger partial charge in [-0.1, -0.05) is 12.1 Å². The van der Waals surface area contributed by atoms with Gasteiger partial charge in [0.15, 0.2) is 0 Å². The van der Waals surface area contributed by atoms with Gasteiger partial charge in [0.25, 0.3) is 0 Å². The maximum absolute atomic E-state index is 12.9. The van der Waals surface area contributed by atoms with E-state index in [2.05, 4.69) is 15.3 Å². The molecule has 1 aliphatic rings. The van der Waals surface area contributed by atoms with Gasteiger partial charge in [-0.2, -0.15) is 10.2 Å². The van der Waals surface area contributed by atoms with Crippen molar-refractivity contribution in [3.05, 3.63) is 65.2 Å². The van der Waals surface area contributed by atoms with E-state index < -0.39 is 0 Å². The van der Waals surface area contributed by atoms with Crippen molar-refractivity contribution in [1.82, 2.24) is 24.9 Å². The van der Waals surface area contributed by atoms with E-state index in [0.29, 0.717) is 6.42 Å². The molecule has 0 spiro atoms. The predicted octanol–water partition coefficient (Wildman–Crippen LogP) is 3.12. The van der Waals surface area contributed by atoms with Crippen molar-refractivity contribution in [2.24, 2.45) is 0 Å². The number of rotatable bonds is 4. The highest BCUT2D eigenvalue weighted by atomic mass is 16.2. The lowest BCUT2D eigenvalue weighted by Gasteiger charge is -2.25. The molecule has 0 bridgehead atoms. The zero-order chi connectivity index (χ0) is 18.1. The van der Waals surface area contributed by atoms with E-state index in [1.807, 2.05) is 60.0 Å². The molecule has 1 amide bonds. The number of hydrogen-bond donors (Lipinski definition) is 1. The van der Waals surface area contributed by atoms with Crippen LogP contribution in [0.5, 0.6) is 0 Å². The van der Waals surface area contributed by atoms with Crippen LogP contribution in [0.1, 0.15) is 41.4 Å². The van der Waals surface area contributed by atoms with Crippen molar-refractivity contribution in [3.63, 3.8) is 0 Å². The van der Waals surface area contributed by atoms with E-state index >= 15 is 0 Å². The normalized spacial score (nSPS) is 17.0. The van der Waals surface area contributed by atoms with Gasteiger partial charge < -0.3 is 4.90 Å². The first kappa shape index (κ1) is 16.6. The highest BCUT2D eigenvalue weighted by Crippen LogP contribution is 2.35. The van der Waals surface area contributed by atoms with Gasteiger partial charge in [-0.3, -0.25) is 9.89 Å². The second-order valence-corrected chi connectivity index (χ2v) is 6.89. The molecule has 26 heavy (non-hydrogen) atoms. The van der Waals surface area contributed by atoms with Crippen LogP contribution in [0.3, 0.4) is 0 Å². The number of nitrogens with zero attached hydrogens (tertiary/aromatic N) is 4. The summed E-state index contributed by atoms with van der Waals surface area (Å²) in [5.41, 5.74) is 5.27. The Balaban J connectivity index is 1.49. The summed E-state index contributed by atoms with van der Waals surface area (Å²) in [5.74, 6) is 0.180. The van der Waals surface area contributed by atoms with Gasteiger partial charge in [-0.25, -0.2) is 4.68 Å². The number of likely N-dealkylation sites (tertiary alicyclic amines) is 1. The van der Waals surface area contributed by atoms with Crippen LogP contribution < -0.4 is 0 Å². The van der Waals surface area contributed by atoms with Crippen LogP contribution in [0.25, 0.3) is 5.69 Å². The molecule has 4 rings (SSSR count). The summed E-state index contributed by atoms with van der Waals surface area (Å²) in [4.78, 5) is 15.0. The third kappa shape index (κ3) is 3.03. The van der Waals surface area contributed by atoms with Crippen molar-refractivity contribution in [1.29, 1.82) is 0 Å². The summed E-state index contributed by atoms with van der Waals surface area (Å²) in [6.45, 7) is 4.86. The van der Waals surface area contributed by atoms with Crippen LogP contribution in [-0.2, 0) is 11.2 Å². The minimum absolute atomic E-state index is 0.143. The van der Waals surface area contributed by atoms with E-state index in [1.165, 1.54) is 5.56 Å². The number of carbonyl (C=O) groups is 1. The lowest BCUT2D eigenvalue weighted by Crippen LogP contribution is -2.32. The van der Waals surface area contributed by atoms with E-state index in [0.717, 1.165) is 42.0 Å². The molecule has 0 saturated carbocycles. The molecule has 1 saturated heterocycles. The molecule has 1 fully saturated rings. The van der Waals surface area contributed by atoms with Crippen molar-refractivity contribution < 1.29 is 4.79 Å². The van der Waals surface area contributed by atoms with Gasteiger partial charge in [0.2, 0.25) is 5.91 Å². The monoisotopic (exact) mass is 349 g/mol. The first-order valence-electron chi connectivity index (χ1n) is 9.03. The van der Waals surface area contributed by atoms with Crippen LogP contribution in [0.15, 0.2) is 42.7 Å². The number of aromatic amines is 1. The second kappa shape index (κ2) is 6.78. The molecule has 0 aliphatic carbocycles. The van der Waals surface area contributed by atoms with Crippen LogP contribution in [-0.4, -0.2) is 37.3 Å². The molecular formula is C20H23N5O. The topological polar surface area (TPSA) is 66.8 Å². The van der Waals surface area contributed by atoms with E-state index in [-0.39, 0.29) is 11.9 Å². The molecule has 1 aromatic carbocycles. The second-order valence-electron chi connectivity index (χ2n) is 6.89. The minimum Gasteiger partial charge on any atom is -0.335 e. The highest BCUT2D eigenvalue weighted by molar-refractivity contribution is 5.79. The van der Waals surface area contributed by atoms with Gasteiger partial charge in [0.1, 0.15) is 0 Å². The quantitative estimate of drug-likeness (QED) is 0.787. The fourth-order valence-electron chi connectivity index (χ4n) is 3.88. The van der Waals surface area contributed by atoms with Gasteiger partial charge >= 0.3 is 0 Å². The van der Waals surface area contributed by atoms with Gasteiger partial charge in [-0.05, 0) is 50.5 Å². The molecule has 134 valence electrons. The minimum atomic E-state index is 0.143. The third-order valence-corrected chi connectivity index (χ3v) is 5.15. The molecule has 1 aliphatic heterocycles. The number of amides is 1. The number of aryl methyl sites for hydroxylation is 2. The number of H-pyrrole nitrogens is 1. The van der Waals surface area contributed by atoms with Crippen molar-refractivity contribution >= 4 is 5.91 Å². The molecular weight excluding hydrogens is 326 g/mol. The fourth-order valence-corrected chi connectivity index (χ4v) is 3.88. The smallest absolute Gasteiger partial charge is 0.227 e.